The van der Waals surface area contributed by atoms with Crippen LogP contribution in [0.2, 0.25) is 0 Å². The van der Waals surface area contributed by atoms with Gasteiger partial charge in [-0.25, -0.2) is 4.98 Å². The smallest absolute Gasteiger partial charge is 0.439 e. The first-order chi connectivity index (χ1) is 9.26. The van der Waals surface area contributed by atoms with Gasteiger partial charge in [0.05, 0.1) is 6.61 Å². The molecule has 2 aromatic rings. The first kappa shape index (κ1) is 14.8. The highest BCUT2D eigenvalue weighted by molar-refractivity contribution is 6.61. The second kappa shape index (κ2) is 6.24. The topological polar surface area (TPSA) is 77.6 Å². The summed E-state index contributed by atoms with van der Waals surface area (Å²) in [7, 11) is -0.828. The highest BCUT2D eigenvalue weighted by Gasteiger charge is 2.27. The van der Waals surface area contributed by atoms with Gasteiger partial charge in [0, 0.05) is 18.8 Å². The molecular weight excluding hydrogens is 278 g/mol. The zero-order chi connectivity index (χ0) is 13.2. The van der Waals surface area contributed by atoms with Crippen molar-refractivity contribution in [2.75, 3.05) is 0 Å². The Balaban J connectivity index is 0.00000147. The summed E-state index contributed by atoms with van der Waals surface area (Å²) in [6.45, 7) is 0.856. The average Bonchev–Trinajstić information content (AvgIpc) is 2.81. The van der Waals surface area contributed by atoms with E-state index in [1.54, 1.807) is 24.4 Å². The predicted molar refractivity (Wildman–Crippen MR) is 78.3 cm³/mol. The van der Waals surface area contributed by atoms with Gasteiger partial charge in [-0.2, -0.15) is 0 Å². The molecule has 104 valence electrons. The molecule has 20 heavy (non-hydrogen) atoms. The summed E-state index contributed by atoms with van der Waals surface area (Å²) in [5.74, 6) is 1.18. The maximum absolute atomic E-state index is 9.53. The Labute approximate surface area is 123 Å². The molecule has 1 aliphatic heterocycles. The fourth-order valence-corrected chi connectivity index (χ4v) is 1.98. The second-order valence-electron chi connectivity index (χ2n) is 4.33. The zero-order valence-electron chi connectivity index (χ0n) is 10.7. The largest absolute Gasteiger partial charge is 0.491 e. The number of ether oxygens (including phenoxy) is 1. The number of nitrogens with two attached hydrogens (primary N) is 1. The number of halogens is 1. The Hall–Kier alpha value is -1.60. The van der Waals surface area contributed by atoms with Gasteiger partial charge < -0.3 is 20.1 Å². The SMILES string of the molecule is Cl.NCc1ccc(Oc2ccc3c(c2)COB3O)nc1. The average molecular weight is 293 g/mol. The van der Waals surface area contributed by atoms with E-state index in [0.717, 1.165) is 16.6 Å². The number of nitrogens with zero attached hydrogens (tertiary/aromatic N) is 1. The number of aromatic nitrogens is 1. The van der Waals surface area contributed by atoms with Crippen molar-refractivity contribution in [3.8, 4) is 11.6 Å². The molecule has 0 fully saturated rings. The minimum atomic E-state index is -0.828. The van der Waals surface area contributed by atoms with Crippen LogP contribution in [0.1, 0.15) is 11.1 Å². The third-order valence-corrected chi connectivity index (χ3v) is 3.03. The molecule has 1 aromatic heterocycles. The molecule has 1 aromatic carbocycles. The van der Waals surface area contributed by atoms with E-state index in [1.807, 2.05) is 12.1 Å². The van der Waals surface area contributed by atoms with Crippen LogP contribution >= 0.6 is 12.4 Å². The van der Waals surface area contributed by atoms with Crippen LogP contribution in [-0.4, -0.2) is 17.1 Å². The molecule has 3 N–H and O–H groups in total. The Bertz CT molecular complexity index is 595. The van der Waals surface area contributed by atoms with Crippen molar-refractivity contribution in [1.29, 1.82) is 0 Å². The molecule has 0 atom stereocenters. The van der Waals surface area contributed by atoms with Gasteiger partial charge in [-0.1, -0.05) is 12.1 Å². The van der Waals surface area contributed by atoms with Gasteiger partial charge in [0.15, 0.2) is 0 Å². The summed E-state index contributed by atoms with van der Waals surface area (Å²) in [6.07, 6.45) is 1.69. The molecule has 0 radical (unpaired) electrons. The van der Waals surface area contributed by atoms with E-state index >= 15 is 0 Å². The molecule has 7 heteroatoms. The van der Waals surface area contributed by atoms with E-state index in [-0.39, 0.29) is 12.4 Å². The molecular formula is C13H14BClN2O3. The van der Waals surface area contributed by atoms with Gasteiger partial charge in [0.25, 0.3) is 0 Å². The lowest BCUT2D eigenvalue weighted by atomic mass is 9.80. The van der Waals surface area contributed by atoms with Gasteiger partial charge in [-0.05, 0) is 28.7 Å². The summed E-state index contributed by atoms with van der Waals surface area (Å²) in [6, 6.07) is 9.10. The summed E-state index contributed by atoms with van der Waals surface area (Å²) in [4.78, 5) is 4.17. The molecule has 0 amide bonds. The van der Waals surface area contributed by atoms with Crippen molar-refractivity contribution >= 4 is 25.0 Å². The van der Waals surface area contributed by atoms with Gasteiger partial charge in [-0.3, -0.25) is 0 Å². The van der Waals surface area contributed by atoms with Crippen LogP contribution in [-0.2, 0) is 17.8 Å². The normalized spacial score (nSPS) is 12.8. The lowest BCUT2D eigenvalue weighted by molar-refractivity contribution is 0.275. The van der Waals surface area contributed by atoms with Crippen LogP contribution in [0.5, 0.6) is 11.6 Å². The number of pyridine rings is 1. The van der Waals surface area contributed by atoms with Gasteiger partial charge in [-0.15, -0.1) is 12.4 Å². The number of hydrogen-bond acceptors (Lipinski definition) is 5. The first-order valence-electron chi connectivity index (χ1n) is 6.01. The fraction of sp³-hybridized carbons (Fsp3) is 0.154. The molecule has 3 rings (SSSR count). The number of rotatable bonds is 3. The van der Waals surface area contributed by atoms with Crippen LogP contribution < -0.4 is 15.9 Å². The van der Waals surface area contributed by atoms with Crippen LogP contribution in [0.15, 0.2) is 36.5 Å². The van der Waals surface area contributed by atoms with E-state index in [1.165, 1.54) is 0 Å². The maximum atomic E-state index is 9.53. The Kier molecular flexibility index (Phi) is 4.62. The molecule has 2 heterocycles. The summed E-state index contributed by atoms with van der Waals surface area (Å²) in [5, 5.41) is 9.53. The zero-order valence-corrected chi connectivity index (χ0v) is 11.5. The van der Waals surface area contributed by atoms with Crippen molar-refractivity contribution in [1.82, 2.24) is 4.98 Å². The summed E-state index contributed by atoms with van der Waals surface area (Å²) in [5.41, 5.74) is 8.19. The fourth-order valence-electron chi connectivity index (χ4n) is 1.98. The number of benzene rings is 1. The summed E-state index contributed by atoms with van der Waals surface area (Å²) >= 11 is 0. The third kappa shape index (κ3) is 2.94. The lowest BCUT2D eigenvalue weighted by Gasteiger charge is -2.06. The van der Waals surface area contributed by atoms with Crippen molar-refractivity contribution in [2.45, 2.75) is 13.2 Å². The maximum Gasteiger partial charge on any atom is 0.491 e. The molecule has 0 unspecified atom stereocenters. The molecule has 5 nitrogen and oxygen atoms in total. The molecule has 0 bridgehead atoms. The standard InChI is InChI=1S/C13H13BN2O3.ClH/c15-6-9-1-4-13(16-7-9)19-11-2-3-12-10(5-11)8-18-14(12)17;/h1-5,7,17H,6,8,15H2;1H. The van der Waals surface area contributed by atoms with E-state index in [4.69, 9.17) is 15.1 Å². The van der Waals surface area contributed by atoms with Gasteiger partial charge >= 0.3 is 7.12 Å². The van der Waals surface area contributed by atoms with Gasteiger partial charge in [0.1, 0.15) is 5.75 Å². The predicted octanol–water partition coefficient (Wildman–Crippen LogP) is 0.972. The number of hydrogen-bond donors (Lipinski definition) is 2. The quantitative estimate of drug-likeness (QED) is 0.824. The molecule has 1 aliphatic rings. The minimum Gasteiger partial charge on any atom is -0.439 e. The monoisotopic (exact) mass is 292 g/mol. The van der Waals surface area contributed by atoms with Crippen LogP contribution in [0.25, 0.3) is 0 Å². The first-order valence-corrected chi connectivity index (χ1v) is 6.01. The highest BCUT2D eigenvalue weighted by Crippen LogP contribution is 2.22. The van der Waals surface area contributed by atoms with Crippen LogP contribution in [0.4, 0.5) is 0 Å². The van der Waals surface area contributed by atoms with Crippen molar-refractivity contribution in [3.63, 3.8) is 0 Å². The van der Waals surface area contributed by atoms with E-state index in [2.05, 4.69) is 4.98 Å². The van der Waals surface area contributed by atoms with Crippen molar-refractivity contribution in [3.05, 3.63) is 47.7 Å². The third-order valence-electron chi connectivity index (χ3n) is 3.03. The molecule has 0 aliphatic carbocycles. The Morgan fingerprint density at radius 2 is 2.20 bits per heavy atom. The highest BCUT2D eigenvalue weighted by atomic mass is 35.5. The van der Waals surface area contributed by atoms with Crippen LogP contribution in [0, 0.1) is 0 Å². The summed E-state index contributed by atoms with van der Waals surface area (Å²) < 4.78 is 10.8. The lowest BCUT2D eigenvalue weighted by Crippen LogP contribution is -2.27. The van der Waals surface area contributed by atoms with Crippen molar-refractivity contribution < 1.29 is 14.4 Å². The van der Waals surface area contributed by atoms with E-state index in [9.17, 15) is 5.02 Å². The Morgan fingerprint density at radius 3 is 2.90 bits per heavy atom. The Morgan fingerprint density at radius 1 is 1.35 bits per heavy atom. The molecule has 0 spiro atoms. The van der Waals surface area contributed by atoms with E-state index in [0.29, 0.717) is 24.8 Å². The van der Waals surface area contributed by atoms with Gasteiger partial charge in [0.2, 0.25) is 5.88 Å². The van der Waals surface area contributed by atoms with E-state index < -0.39 is 7.12 Å². The molecule has 0 saturated carbocycles. The minimum absolute atomic E-state index is 0. The van der Waals surface area contributed by atoms with Crippen LogP contribution in [0.3, 0.4) is 0 Å². The number of fused-ring (bicyclic) bond motifs is 1. The van der Waals surface area contributed by atoms with Crippen molar-refractivity contribution in [2.24, 2.45) is 5.73 Å². The molecule has 0 saturated heterocycles. The second-order valence-corrected chi connectivity index (χ2v) is 4.33.